The number of aromatic nitrogens is 1. The van der Waals surface area contributed by atoms with Crippen molar-refractivity contribution in [3.05, 3.63) is 28.6 Å². The fourth-order valence-electron chi connectivity index (χ4n) is 2.42. The molecule has 1 aliphatic heterocycles. The number of thiazole rings is 1. The highest BCUT2D eigenvalue weighted by Gasteiger charge is 2.28. The van der Waals surface area contributed by atoms with Crippen LogP contribution in [0.15, 0.2) is 23.6 Å². The van der Waals surface area contributed by atoms with E-state index < -0.39 is 5.97 Å². The van der Waals surface area contributed by atoms with Crippen molar-refractivity contribution in [2.24, 2.45) is 0 Å². The molecule has 0 saturated heterocycles. The Bertz CT molecular complexity index is 772. The Labute approximate surface area is 144 Å². The standard InChI is InChI=1S/C17H18N2O4S/c1-3-6-22-17(21)8-19-14-7-12(13-10-24-11(2)18-13)4-5-15(14)23-9-16(19)20/h4-5,7,10H,3,6,8-9H2,1-2H3. The third-order valence-corrected chi connectivity index (χ3v) is 4.34. The van der Waals surface area contributed by atoms with Crippen LogP contribution in [0.3, 0.4) is 0 Å². The first kappa shape index (κ1) is 16.4. The van der Waals surface area contributed by atoms with Crippen LogP contribution in [0.25, 0.3) is 11.3 Å². The fourth-order valence-corrected chi connectivity index (χ4v) is 3.04. The lowest BCUT2D eigenvalue weighted by Gasteiger charge is -2.29. The molecule has 7 heteroatoms. The van der Waals surface area contributed by atoms with Crippen LogP contribution < -0.4 is 9.64 Å². The fraction of sp³-hybridized carbons (Fsp3) is 0.353. The third kappa shape index (κ3) is 3.41. The molecule has 126 valence electrons. The highest BCUT2D eigenvalue weighted by molar-refractivity contribution is 7.09. The smallest absolute Gasteiger partial charge is 0.326 e. The van der Waals surface area contributed by atoms with Gasteiger partial charge in [-0.2, -0.15) is 0 Å². The molecule has 0 bridgehead atoms. The van der Waals surface area contributed by atoms with E-state index in [1.807, 2.05) is 31.4 Å². The first-order chi connectivity index (χ1) is 11.6. The molecule has 0 N–H and O–H groups in total. The van der Waals surface area contributed by atoms with Gasteiger partial charge in [-0.3, -0.25) is 14.5 Å². The van der Waals surface area contributed by atoms with Crippen LogP contribution in [0.2, 0.25) is 0 Å². The normalized spacial score (nSPS) is 13.4. The number of aryl methyl sites for hydroxylation is 1. The van der Waals surface area contributed by atoms with Crippen LogP contribution in [-0.2, 0) is 14.3 Å². The summed E-state index contributed by atoms with van der Waals surface area (Å²) in [6.07, 6.45) is 0.743. The summed E-state index contributed by atoms with van der Waals surface area (Å²) in [5, 5.41) is 2.93. The molecule has 0 unspecified atom stereocenters. The molecule has 0 atom stereocenters. The van der Waals surface area contributed by atoms with Gasteiger partial charge in [-0.05, 0) is 31.5 Å². The van der Waals surface area contributed by atoms with Crippen LogP contribution in [0.5, 0.6) is 5.75 Å². The number of ether oxygens (including phenoxy) is 2. The molecule has 1 aliphatic rings. The number of rotatable bonds is 5. The minimum Gasteiger partial charge on any atom is -0.482 e. The largest absolute Gasteiger partial charge is 0.482 e. The molecule has 0 spiro atoms. The van der Waals surface area contributed by atoms with Gasteiger partial charge in [0.2, 0.25) is 0 Å². The second-order valence-corrected chi connectivity index (χ2v) is 6.49. The van der Waals surface area contributed by atoms with E-state index in [-0.39, 0.29) is 19.1 Å². The van der Waals surface area contributed by atoms with Gasteiger partial charge < -0.3 is 9.47 Å². The summed E-state index contributed by atoms with van der Waals surface area (Å²) >= 11 is 1.56. The number of esters is 1. The molecule has 24 heavy (non-hydrogen) atoms. The molecular formula is C17H18N2O4S. The minimum atomic E-state index is -0.423. The van der Waals surface area contributed by atoms with E-state index in [9.17, 15) is 9.59 Å². The average Bonchev–Trinajstić information content (AvgIpc) is 3.01. The van der Waals surface area contributed by atoms with Crippen molar-refractivity contribution in [3.63, 3.8) is 0 Å². The van der Waals surface area contributed by atoms with E-state index in [4.69, 9.17) is 9.47 Å². The van der Waals surface area contributed by atoms with Gasteiger partial charge >= 0.3 is 5.97 Å². The Kier molecular flexibility index (Phi) is 4.80. The van der Waals surface area contributed by atoms with Crippen molar-refractivity contribution in [1.29, 1.82) is 0 Å². The van der Waals surface area contributed by atoms with Crippen molar-refractivity contribution < 1.29 is 19.1 Å². The number of benzene rings is 1. The van der Waals surface area contributed by atoms with Crippen molar-refractivity contribution in [3.8, 4) is 17.0 Å². The molecule has 1 amide bonds. The number of anilines is 1. The van der Waals surface area contributed by atoms with Crippen molar-refractivity contribution in [2.75, 3.05) is 24.7 Å². The maximum Gasteiger partial charge on any atom is 0.326 e. The van der Waals surface area contributed by atoms with Crippen molar-refractivity contribution in [1.82, 2.24) is 4.98 Å². The molecule has 2 aromatic rings. The zero-order valence-electron chi connectivity index (χ0n) is 13.6. The SMILES string of the molecule is CCCOC(=O)CN1C(=O)COc2ccc(-c3csc(C)n3)cc21. The van der Waals surface area contributed by atoms with E-state index in [0.29, 0.717) is 18.0 Å². The minimum absolute atomic E-state index is 0.0801. The molecular weight excluding hydrogens is 328 g/mol. The molecule has 0 saturated carbocycles. The number of hydrogen-bond donors (Lipinski definition) is 0. The Morgan fingerprint density at radius 2 is 2.29 bits per heavy atom. The van der Waals surface area contributed by atoms with Crippen molar-refractivity contribution in [2.45, 2.75) is 20.3 Å². The molecule has 0 aliphatic carbocycles. The topological polar surface area (TPSA) is 68.7 Å². The van der Waals surface area contributed by atoms with Gasteiger partial charge in [0.05, 0.1) is 23.0 Å². The summed E-state index contributed by atoms with van der Waals surface area (Å²) in [5.74, 6) is -0.107. The Balaban J connectivity index is 1.89. The first-order valence-corrected chi connectivity index (χ1v) is 8.61. The van der Waals surface area contributed by atoms with Gasteiger partial charge in [-0.25, -0.2) is 4.98 Å². The summed E-state index contributed by atoms with van der Waals surface area (Å²) < 4.78 is 10.6. The number of hydrogen-bond acceptors (Lipinski definition) is 6. The van der Waals surface area contributed by atoms with E-state index in [1.54, 1.807) is 17.4 Å². The molecule has 0 radical (unpaired) electrons. The quantitative estimate of drug-likeness (QED) is 0.779. The van der Waals surface area contributed by atoms with Gasteiger partial charge in [0.1, 0.15) is 12.3 Å². The maximum absolute atomic E-state index is 12.2. The number of nitrogens with zero attached hydrogens (tertiary/aromatic N) is 2. The van der Waals surface area contributed by atoms with E-state index in [0.717, 1.165) is 22.7 Å². The molecule has 1 aromatic carbocycles. The van der Waals surface area contributed by atoms with Gasteiger partial charge in [0.25, 0.3) is 5.91 Å². The predicted molar refractivity (Wildman–Crippen MR) is 91.4 cm³/mol. The van der Waals surface area contributed by atoms with E-state index in [1.165, 1.54) is 4.90 Å². The summed E-state index contributed by atoms with van der Waals surface area (Å²) in [6, 6.07) is 5.53. The summed E-state index contributed by atoms with van der Waals surface area (Å²) in [6.45, 7) is 4.01. The van der Waals surface area contributed by atoms with Gasteiger partial charge in [-0.15, -0.1) is 11.3 Å². The van der Waals surface area contributed by atoms with Gasteiger partial charge in [0, 0.05) is 10.9 Å². The van der Waals surface area contributed by atoms with Crippen LogP contribution in [0, 0.1) is 6.92 Å². The second kappa shape index (κ2) is 7.00. The highest BCUT2D eigenvalue weighted by atomic mass is 32.1. The number of carbonyl (C=O) groups excluding carboxylic acids is 2. The first-order valence-electron chi connectivity index (χ1n) is 7.74. The van der Waals surface area contributed by atoms with Gasteiger partial charge in [0.15, 0.2) is 6.61 Å². The van der Waals surface area contributed by atoms with Crippen LogP contribution in [0.4, 0.5) is 5.69 Å². The summed E-state index contributed by atoms with van der Waals surface area (Å²) in [7, 11) is 0. The predicted octanol–water partition coefficient (Wildman–Crippen LogP) is 2.80. The summed E-state index contributed by atoms with van der Waals surface area (Å²) in [4.78, 5) is 30.0. The molecule has 0 fully saturated rings. The maximum atomic E-state index is 12.2. The lowest BCUT2D eigenvalue weighted by molar-refractivity contribution is -0.143. The molecule has 1 aromatic heterocycles. The monoisotopic (exact) mass is 346 g/mol. The van der Waals surface area contributed by atoms with E-state index >= 15 is 0 Å². The lowest BCUT2D eigenvalue weighted by Crippen LogP contribution is -2.42. The lowest BCUT2D eigenvalue weighted by atomic mass is 10.1. The van der Waals surface area contributed by atoms with Crippen LogP contribution in [-0.4, -0.2) is 36.6 Å². The number of carbonyl (C=O) groups is 2. The van der Waals surface area contributed by atoms with Crippen LogP contribution >= 0.6 is 11.3 Å². The second-order valence-electron chi connectivity index (χ2n) is 5.42. The zero-order valence-corrected chi connectivity index (χ0v) is 14.4. The van der Waals surface area contributed by atoms with Gasteiger partial charge in [-0.1, -0.05) is 6.92 Å². The molecule has 6 nitrogen and oxygen atoms in total. The zero-order chi connectivity index (χ0) is 17.1. The van der Waals surface area contributed by atoms with E-state index in [2.05, 4.69) is 4.98 Å². The Hall–Kier alpha value is -2.41. The third-order valence-electron chi connectivity index (χ3n) is 3.57. The van der Waals surface area contributed by atoms with Crippen molar-refractivity contribution >= 4 is 28.9 Å². The molecule has 3 rings (SSSR count). The average molecular weight is 346 g/mol. The number of amides is 1. The Morgan fingerprint density at radius 1 is 1.46 bits per heavy atom. The summed E-state index contributed by atoms with van der Waals surface area (Å²) in [5.41, 5.74) is 2.29. The van der Waals surface area contributed by atoms with Crippen LogP contribution in [0.1, 0.15) is 18.4 Å². The molecule has 2 heterocycles. The number of fused-ring (bicyclic) bond motifs is 1. The Morgan fingerprint density at radius 3 is 3.00 bits per heavy atom. The highest BCUT2D eigenvalue weighted by Crippen LogP contribution is 2.36.